The molecule has 0 unspecified atom stereocenters. The highest BCUT2D eigenvalue weighted by molar-refractivity contribution is 6.35. The summed E-state index contributed by atoms with van der Waals surface area (Å²) in [4.78, 5) is 25.6. The Balaban J connectivity index is 1.40. The van der Waals surface area contributed by atoms with E-state index < -0.39 is 5.82 Å². The van der Waals surface area contributed by atoms with Crippen molar-refractivity contribution in [2.24, 2.45) is 0 Å². The van der Waals surface area contributed by atoms with E-state index in [1.54, 1.807) is 11.1 Å². The van der Waals surface area contributed by atoms with Crippen molar-refractivity contribution in [3.8, 4) is 11.9 Å². The topological polar surface area (TPSA) is 105 Å². The highest BCUT2D eigenvalue weighted by Crippen LogP contribution is 2.42. The number of nitrogens with one attached hydrogen (secondary N) is 1. The number of hydrogen-bond acceptors (Lipinski definition) is 8. The third-order valence-corrected chi connectivity index (χ3v) is 9.18. The van der Waals surface area contributed by atoms with Gasteiger partial charge in [0, 0.05) is 55.3 Å². The molecule has 0 bridgehead atoms. The normalized spacial score (nSPS) is 21.0. The summed E-state index contributed by atoms with van der Waals surface area (Å²) in [6.07, 6.45) is 5.71. The fourth-order valence-electron chi connectivity index (χ4n) is 6.58. The quantitative estimate of drug-likeness (QED) is 0.430. The lowest BCUT2D eigenvalue weighted by atomic mass is 9.97. The van der Waals surface area contributed by atoms with E-state index in [1.807, 2.05) is 11.8 Å². The number of aromatic amines is 1. The minimum absolute atomic E-state index is 0.0406. The number of carbonyl (C=O) groups is 1. The molecule has 2 atom stereocenters. The predicted molar refractivity (Wildman–Crippen MR) is 159 cm³/mol. The van der Waals surface area contributed by atoms with Gasteiger partial charge in [0.2, 0.25) is 11.8 Å². The van der Waals surface area contributed by atoms with E-state index in [0.29, 0.717) is 68.4 Å². The van der Waals surface area contributed by atoms with E-state index in [-0.39, 0.29) is 23.0 Å². The van der Waals surface area contributed by atoms with Gasteiger partial charge in [-0.1, -0.05) is 18.2 Å². The van der Waals surface area contributed by atoms with Gasteiger partial charge in [0.15, 0.2) is 0 Å². The van der Waals surface area contributed by atoms with Crippen LogP contribution in [0, 0.1) is 17.1 Å². The third-order valence-electron chi connectivity index (χ3n) is 8.82. The molecule has 12 heteroatoms. The minimum atomic E-state index is -0.520. The number of nitriles is 1. The summed E-state index contributed by atoms with van der Waals surface area (Å²) < 4.78 is 21.1. The number of likely N-dealkylation sites (N-methyl/N-ethyl adjacent to an activating group) is 1. The Labute approximate surface area is 249 Å². The van der Waals surface area contributed by atoms with Crippen LogP contribution in [0.3, 0.4) is 0 Å². The number of pyridine rings is 1. The maximum atomic E-state index is 14.8. The molecule has 220 valence electrons. The first kappa shape index (κ1) is 28.2. The molecule has 3 aliphatic rings. The molecule has 0 saturated carbocycles. The Hall–Kier alpha value is -3.88. The maximum Gasteiger partial charge on any atom is 0.246 e. The molecule has 1 N–H and O–H groups in total. The van der Waals surface area contributed by atoms with E-state index in [1.165, 1.54) is 12.1 Å². The van der Waals surface area contributed by atoms with E-state index in [9.17, 15) is 14.4 Å². The van der Waals surface area contributed by atoms with E-state index in [0.717, 1.165) is 41.7 Å². The molecule has 1 amide bonds. The van der Waals surface area contributed by atoms with Crippen LogP contribution in [0.4, 0.5) is 15.8 Å². The first-order valence-corrected chi connectivity index (χ1v) is 14.7. The summed E-state index contributed by atoms with van der Waals surface area (Å²) in [6, 6.07) is 3.94. The van der Waals surface area contributed by atoms with Crippen LogP contribution in [-0.4, -0.2) is 89.4 Å². The molecule has 42 heavy (non-hydrogen) atoms. The summed E-state index contributed by atoms with van der Waals surface area (Å²) >= 11 is 6.53. The third kappa shape index (κ3) is 4.92. The first-order valence-electron chi connectivity index (χ1n) is 14.3. The molecule has 6 rings (SSSR count). The van der Waals surface area contributed by atoms with Crippen molar-refractivity contribution in [3.05, 3.63) is 52.6 Å². The van der Waals surface area contributed by atoms with Gasteiger partial charge in [-0.2, -0.15) is 10.4 Å². The van der Waals surface area contributed by atoms with Crippen molar-refractivity contribution in [2.75, 3.05) is 56.2 Å². The lowest BCUT2D eigenvalue weighted by Crippen LogP contribution is -2.54. The number of carbonyl (C=O) groups excluding carboxylic acids is 1. The van der Waals surface area contributed by atoms with Crippen LogP contribution in [0.15, 0.2) is 24.9 Å². The zero-order valence-electron chi connectivity index (χ0n) is 23.9. The number of rotatable bonds is 6. The molecule has 5 heterocycles. The van der Waals surface area contributed by atoms with E-state index >= 15 is 0 Å². The number of halogens is 2. The largest absolute Gasteiger partial charge is 0.475 e. The number of fused-ring (bicyclic) bond motifs is 2. The van der Waals surface area contributed by atoms with Gasteiger partial charge in [0.05, 0.1) is 35.3 Å². The number of ether oxygens (including phenoxy) is 1. The standard InChI is InChI=1S/C30H34ClFN8O2/c1-4-26(41)40-11-10-39(15-18(40)2)28-20-7-9-38(29-22-14-34-36-24(22)12-23(32)27(29)31)16-25(20)35-30(21(28)13-33)42-17-19-6-5-8-37(19)3/h4,12,14,18-19H,1,5-11,15-17H2,2-3H3,(H,34,36)/t18-,19+/m1/s1. The SMILES string of the molecule is C=CC(=O)N1CCN(c2c(C#N)c(OC[C@@H]3CCCN3C)nc3c2CCN(c2c(Cl)c(F)cc4[nH]ncc24)C3)C[C@H]1C. The summed E-state index contributed by atoms with van der Waals surface area (Å²) in [5.74, 6) is -0.310. The van der Waals surface area contributed by atoms with Crippen LogP contribution < -0.4 is 14.5 Å². The summed E-state index contributed by atoms with van der Waals surface area (Å²) in [6.45, 7) is 9.64. The molecule has 2 fully saturated rings. The fraction of sp³-hybridized carbons (Fsp3) is 0.467. The Morgan fingerprint density at radius 2 is 2.14 bits per heavy atom. The van der Waals surface area contributed by atoms with Crippen LogP contribution in [0.5, 0.6) is 5.88 Å². The van der Waals surface area contributed by atoms with Gasteiger partial charge in [-0.25, -0.2) is 9.37 Å². The van der Waals surface area contributed by atoms with Gasteiger partial charge in [0.1, 0.15) is 29.1 Å². The smallest absolute Gasteiger partial charge is 0.246 e. The molecule has 1 aromatic carbocycles. The monoisotopic (exact) mass is 592 g/mol. The number of benzene rings is 1. The van der Waals surface area contributed by atoms with Gasteiger partial charge in [-0.15, -0.1) is 0 Å². The number of H-pyrrole nitrogens is 1. The molecule has 10 nitrogen and oxygen atoms in total. The van der Waals surface area contributed by atoms with Crippen molar-refractivity contribution in [2.45, 2.75) is 44.8 Å². The van der Waals surface area contributed by atoms with Crippen LogP contribution in [0.2, 0.25) is 5.02 Å². The van der Waals surface area contributed by atoms with Gasteiger partial charge >= 0.3 is 0 Å². The highest BCUT2D eigenvalue weighted by Gasteiger charge is 2.34. The number of amides is 1. The number of anilines is 2. The molecule has 3 aliphatic heterocycles. The van der Waals surface area contributed by atoms with Gasteiger partial charge in [0.25, 0.3) is 0 Å². The van der Waals surface area contributed by atoms with Crippen LogP contribution in [0.25, 0.3) is 10.9 Å². The molecule has 0 spiro atoms. The van der Waals surface area contributed by atoms with Gasteiger partial charge in [-0.05, 0) is 45.9 Å². The molecule has 3 aromatic rings. The molecule has 0 radical (unpaired) electrons. The van der Waals surface area contributed by atoms with Crippen LogP contribution >= 0.6 is 11.6 Å². The van der Waals surface area contributed by atoms with Crippen molar-refractivity contribution in [1.29, 1.82) is 5.26 Å². The number of likely N-dealkylation sites (tertiary alicyclic amines) is 1. The van der Waals surface area contributed by atoms with Crippen molar-refractivity contribution in [1.82, 2.24) is 25.0 Å². The van der Waals surface area contributed by atoms with E-state index in [4.69, 9.17) is 21.3 Å². The molecule has 0 aliphatic carbocycles. The number of nitrogens with zero attached hydrogens (tertiary/aromatic N) is 7. The van der Waals surface area contributed by atoms with E-state index in [2.05, 4.69) is 39.7 Å². The van der Waals surface area contributed by atoms with Crippen molar-refractivity contribution in [3.63, 3.8) is 0 Å². The first-order chi connectivity index (χ1) is 20.3. The Morgan fingerprint density at radius 1 is 1.31 bits per heavy atom. The Kier molecular flexibility index (Phi) is 7.68. The lowest BCUT2D eigenvalue weighted by molar-refractivity contribution is -0.128. The maximum absolute atomic E-state index is 14.8. The molecule has 2 saturated heterocycles. The predicted octanol–water partition coefficient (Wildman–Crippen LogP) is 3.88. The second-order valence-corrected chi connectivity index (χ2v) is 11.7. The second kappa shape index (κ2) is 11.4. The van der Waals surface area contributed by atoms with Crippen LogP contribution in [0.1, 0.15) is 36.6 Å². The second-order valence-electron chi connectivity index (χ2n) is 11.3. The van der Waals surface area contributed by atoms with Crippen molar-refractivity contribution < 1.29 is 13.9 Å². The van der Waals surface area contributed by atoms with Crippen LogP contribution in [-0.2, 0) is 17.8 Å². The summed E-state index contributed by atoms with van der Waals surface area (Å²) in [5.41, 5.74) is 4.10. The summed E-state index contributed by atoms with van der Waals surface area (Å²) in [5, 5.41) is 18.2. The average molecular weight is 593 g/mol. The van der Waals surface area contributed by atoms with Crippen molar-refractivity contribution >= 4 is 39.8 Å². The number of hydrogen-bond donors (Lipinski definition) is 1. The Morgan fingerprint density at radius 3 is 2.86 bits per heavy atom. The Bertz CT molecular complexity index is 1590. The molecular weight excluding hydrogens is 559 g/mol. The average Bonchev–Trinajstić information content (AvgIpc) is 3.63. The number of aromatic nitrogens is 3. The molecule has 2 aromatic heterocycles. The van der Waals surface area contributed by atoms with Gasteiger partial charge < -0.3 is 24.3 Å². The lowest BCUT2D eigenvalue weighted by Gasteiger charge is -2.42. The zero-order valence-corrected chi connectivity index (χ0v) is 24.6. The molecular formula is C30H34ClFN8O2. The summed E-state index contributed by atoms with van der Waals surface area (Å²) in [7, 11) is 2.08. The van der Waals surface area contributed by atoms with Gasteiger partial charge in [-0.3, -0.25) is 9.89 Å². The number of piperazine rings is 1. The fourth-order valence-corrected chi connectivity index (χ4v) is 6.85. The highest BCUT2D eigenvalue weighted by atomic mass is 35.5. The zero-order chi connectivity index (χ0) is 29.5. The minimum Gasteiger partial charge on any atom is -0.475 e.